The van der Waals surface area contributed by atoms with Gasteiger partial charge in [-0.3, -0.25) is 4.79 Å². The molecule has 0 fully saturated rings. The molecule has 1 aromatic heterocycles. The minimum Gasteiger partial charge on any atom is -0.340 e. The third kappa shape index (κ3) is 3.35. The minimum absolute atomic E-state index is 0.0759. The van der Waals surface area contributed by atoms with Crippen LogP contribution in [0.25, 0.3) is 0 Å². The number of rotatable bonds is 5. The number of hydrogen-bond donors (Lipinski definition) is 0. The maximum absolute atomic E-state index is 14.0. The molecule has 0 saturated heterocycles. The molecule has 3 nitrogen and oxygen atoms in total. The Morgan fingerprint density at radius 2 is 1.83 bits per heavy atom. The molecule has 0 saturated carbocycles. The summed E-state index contributed by atoms with van der Waals surface area (Å²) in [6, 6.07) is 3.54. The van der Waals surface area contributed by atoms with E-state index in [1.165, 1.54) is 12.1 Å². The van der Waals surface area contributed by atoms with Gasteiger partial charge in [-0.25, -0.2) is 8.78 Å². The molecule has 1 amide bonds. The van der Waals surface area contributed by atoms with Crippen LogP contribution in [0.3, 0.4) is 0 Å². The SMILES string of the molecule is CCCN(C)C(=O)c1c(C)c(C)c(C)n1Cc1ccc(F)cc1F. The van der Waals surface area contributed by atoms with Crippen molar-refractivity contribution in [2.45, 2.75) is 40.7 Å². The van der Waals surface area contributed by atoms with Gasteiger partial charge in [0.05, 0.1) is 6.54 Å². The van der Waals surface area contributed by atoms with Crippen LogP contribution in [0.2, 0.25) is 0 Å². The average molecular weight is 334 g/mol. The third-order valence-electron chi connectivity index (χ3n) is 4.59. The highest BCUT2D eigenvalue weighted by Gasteiger charge is 2.23. The van der Waals surface area contributed by atoms with Crippen molar-refractivity contribution in [2.75, 3.05) is 13.6 Å². The molecule has 0 atom stereocenters. The van der Waals surface area contributed by atoms with Crippen molar-refractivity contribution in [1.29, 1.82) is 0 Å². The molecule has 0 unspecified atom stereocenters. The quantitative estimate of drug-likeness (QED) is 0.803. The van der Waals surface area contributed by atoms with Crippen molar-refractivity contribution >= 4 is 5.91 Å². The van der Waals surface area contributed by atoms with Crippen molar-refractivity contribution in [3.8, 4) is 0 Å². The van der Waals surface area contributed by atoms with Crippen LogP contribution in [-0.2, 0) is 6.54 Å². The number of amides is 1. The number of carbonyl (C=O) groups excluding carboxylic acids is 1. The first-order valence-corrected chi connectivity index (χ1v) is 8.13. The van der Waals surface area contributed by atoms with Gasteiger partial charge in [0.1, 0.15) is 17.3 Å². The summed E-state index contributed by atoms with van der Waals surface area (Å²) >= 11 is 0. The van der Waals surface area contributed by atoms with Gasteiger partial charge in [-0.2, -0.15) is 0 Å². The van der Waals surface area contributed by atoms with E-state index in [4.69, 9.17) is 0 Å². The van der Waals surface area contributed by atoms with Gasteiger partial charge in [0.15, 0.2) is 0 Å². The zero-order chi connectivity index (χ0) is 18.0. The highest BCUT2D eigenvalue weighted by atomic mass is 19.1. The molecular formula is C19H24F2N2O. The van der Waals surface area contributed by atoms with Crippen molar-refractivity contribution in [1.82, 2.24) is 9.47 Å². The van der Waals surface area contributed by atoms with Gasteiger partial charge in [-0.1, -0.05) is 13.0 Å². The predicted molar refractivity (Wildman–Crippen MR) is 91.4 cm³/mol. The number of halogens is 2. The van der Waals surface area contributed by atoms with Crippen LogP contribution >= 0.6 is 0 Å². The average Bonchev–Trinajstić information content (AvgIpc) is 2.74. The maximum atomic E-state index is 14.0. The predicted octanol–water partition coefficient (Wildman–Crippen LogP) is 4.22. The van der Waals surface area contributed by atoms with Gasteiger partial charge < -0.3 is 9.47 Å². The number of aromatic nitrogens is 1. The molecule has 0 spiro atoms. The summed E-state index contributed by atoms with van der Waals surface area (Å²) in [7, 11) is 1.77. The Hall–Kier alpha value is -2.17. The Kier molecular flexibility index (Phi) is 5.42. The van der Waals surface area contributed by atoms with Gasteiger partial charge in [0, 0.05) is 30.9 Å². The van der Waals surface area contributed by atoms with Crippen LogP contribution in [0.15, 0.2) is 18.2 Å². The van der Waals surface area contributed by atoms with E-state index < -0.39 is 11.6 Å². The Bertz CT molecular complexity index is 765. The second-order valence-corrected chi connectivity index (χ2v) is 6.23. The smallest absolute Gasteiger partial charge is 0.270 e. The number of nitrogens with zero attached hydrogens (tertiary/aromatic N) is 2. The lowest BCUT2D eigenvalue weighted by molar-refractivity contribution is 0.0784. The Morgan fingerprint density at radius 1 is 1.17 bits per heavy atom. The van der Waals surface area contributed by atoms with E-state index in [9.17, 15) is 13.6 Å². The molecular weight excluding hydrogens is 310 g/mol. The first-order chi connectivity index (χ1) is 11.3. The molecule has 2 aromatic rings. The van der Waals surface area contributed by atoms with Crippen LogP contribution in [0, 0.1) is 32.4 Å². The van der Waals surface area contributed by atoms with E-state index in [0.717, 1.165) is 29.3 Å². The van der Waals surface area contributed by atoms with Crippen LogP contribution in [0.5, 0.6) is 0 Å². The fraction of sp³-hybridized carbons (Fsp3) is 0.421. The topological polar surface area (TPSA) is 25.2 Å². The zero-order valence-electron chi connectivity index (χ0n) is 14.9. The molecule has 0 N–H and O–H groups in total. The van der Waals surface area contributed by atoms with Gasteiger partial charge in [-0.05, 0) is 44.4 Å². The molecule has 130 valence electrons. The molecule has 0 aliphatic carbocycles. The van der Waals surface area contributed by atoms with Gasteiger partial charge in [0.25, 0.3) is 5.91 Å². The van der Waals surface area contributed by atoms with E-state index in [1.54, 1.807) is 11.9 Å². The number of benzene rings is 1. The second kappa shape index (κ2) is 7.16. The second-order valence-electron chi connectivity index (χ2n) is 6.23. The molecule has 24 heavy (non-hydrogen) atoms. The van der Waals surface area contributed by atoms with E-state index in [2.05, 4.69) is 0 Å². The monoisotopic (exact) mass is 334 g/mol. The normalized spacial score (nSPS) is 11.0. The summed E-state index contributed by atoms with van der Waals surface area (Å²) in [5, 5.41) is 0. The Morgan fingerprint density at radius 3 is 2.42 bits per heavy atom. The largest absolute Gasteiger partial charge is 0.340 e. The third-order valence-corrected chi connectivity index (χ3v) is 4.59. The summed E-state index contributed by atoms with van der Waals surface area (Å²) in [5.41, 5.74) is 3.78. The molecule has 2 rings (SSSR count). The molecule has 0 radical (unpaired) electrons. The lowest BCUT2D eigenvalue weighted by Gasteiger charge is -2.19. The summed E-state index contributed by atoms with van der Waals surface area (Å²) in [6.45, 7) is 8.66. The Labute approximate surface area is 141 Å². The van der Waals surface area contributed by atoms with Crippen LogP contribution in [0.1, 0.15) is 46.2 Å². The number of carbonyl (C=O) groups is 1. The lowest BCUT2D eigenvalue weighted by Crippen LogP contribution is -2.30. The molecule has 0 aliphatic rings. The molecule has 5 heteroatoms. The first kappa shape index (κ1) is 18.2. The fourth-order valence-electron chi connectivity index (χ4n) is 2.93. The number of hydrogen-bond acceptors (Lipinski definition) is 1. The Balaban J connectivity index is 2.49. The molecule has 1 aromatic carbocycles. The van der Waals surface area contributed by atoms with Crippen molar-refractivity contribution in [3.05, 3.63) is 57.9 Å². The van der Waals surface area contributed by atoms with Crippen LogP contribution in [-0.4, -0.2) is 29.0 Å². The fourth-order valence-corrected chi connectivity index (χ4v) is 2.93. The molecule has 0 aliphatic heterocycles. The summed E-state index contributed by atoms with van der Waals surface area (Å²) in [5.74, 6) is -1.28. The van der Waals surface area contributed by atoms with Gasteiger partial charge in [0.2, 0.25) is 0 Å². The van der Waals surface area contributed by atoms with Gasteiger partial charge in [-0.15, -0.1) is 0 Å². The van der Waals surface area contributed by atoms with Crippen LogP contribution < -0.4 is 0 Å². The highest BCUT2D eigenvalue weighted by molar-refractivity contribution is 5.94. The van der Waals surface area contributed by atoms with Crippen molar-refractivity contribution in [3.63, 3.8) is 0 Å². The minimum atomic E-state index is -0.605. The van der Waals surface area contributed by atoms with Crippen LogP contribution in [0.4, 0.5) is 8.78 Å². The molecule has 0 bridgehead atoms. The zero-order valence-corrected chi connectivity index (χ0v) is 14.9. The highest BCUT2D eigenvalue weighted by Crippen LogP contribution is 2.24. The van der Waals surface area contributed by atoms with E-state index >= 15 is 0 Å². The van der Waals surface area contributed by atoms with E-state index in [1.807, 2.05) is 32.3 Å². The molecule has 1 heterocycles. The van der Waals surface area contributed by atoms with Crippen molar-refractivity contribution < 1.29 is 13.6 Å². The van der Waals surface area contributed by atoms with Crippen molar-refractivity contribution in [2.24, 2.45) is 0 Å². The van der Waals surface area contributed by atoms with Gasteiger partial charge >= 0.3 is 0 Å². The maximum Gasteiger partial charge on any atom is 0.270 e. The first-order valence-electron chi connectivity index (χ1n) is 8.13. The standard InChI is InChI=1S/C19H24F2N2O/c1-6-9-22(5)19(24)18-13(3)12(2)14(4)23(18)11-15-7-8-16(20)10-17(15)21/h7-8,10H,6,9,11H2,1-5H3. The summed E-state index contributed by atoms with van der Waals surface area (Å²) in [4.78, 5) is 14.5. The summed E-state index contributed by atoms with van der Waals surface area (Å²) < 4.78 is 29.0. The van der Waals surface area contributed by atoms with E-state index in [-0.39, 0.29) is 12.5 Å². The summed E-state index contributed by atoms with van der Waals surface area (Å²) in [6.07, 6.45) is 0.868. The lowest BCUT2D eigenvalue weighted by atomic mass is 10.1. The van der Waals surface area contributed by atoms with E-state index in [0.29, 0.717) is 17.8 Å².